The lowest BCUT2D eigenvalue weighted by atomic mass is 10.1. The largest absolute Gasteiger partial charge is 0.350 e. The van der Waals surface area contributed by atoms with Crippen molar-refractivity contribution < 1.29 is 23.6 Å². The highest BCUT2D eigenvalue weighted by Gasteiger charge is 2.22. The van der Waals surface area contributed by atoms with Crippen LogP contribution in [0, 0.1) is 11.2 Å². The molecule has 9 heteroatoms. The molecule has 1 rings (SSSR count). The summed E-state index contributed by atoms with van der Waals surface area (Å²) in [5.74, 6) is -2.74. The summed E-state index contributed by atoms with van der Waals surface area (Å²) in [6, 6.07) is 4.43. The van der Waals surface area contributed by atoms with Crippen LogP contribution in [0.4, 0.5) is 4.39 Å². The van der Waals surface area contributed by atoms with Gasteiger partial charge < -0.3 is 21.4 Å². The van der Waals surface area contributed by atoms with Gasteiger partial charge in [0.15, 0.2) is 5.78 Å². The van der Waals surface area contributed by atoms with Gasteiger partial charge in [-0.1, -0.05) is 18.7 Å². The molecule has 0 unspecified atom stereocenters. The van der Waals surface area contributed by atoms with Crippen LogP contribution < -0.4 is 16.0 Å². The van der Waals surface area contributed by atoms with Crippen molar-refractivity contribution in [2.24, 2.45) is 0 Å². The van der Waals surface area contributed by atoms with Crippen molar-refractivity contribution in [2.45, 2.75) is 32.4 Å². The minimum atomic E-state index is -1.08. The van der Waals surface area contributed by atoms with Crippen LogP contribution in [0.25, 0.3) is 0 Å². The highest BCUT2D eigenvalue weighted by molar-refractivity contribution is 6.26. The average molecular weight is 376 g/mol. The molecule has 1 aromatic rings. The Kier molecular flexibility index (Phi) is 8.50. The number of benzene rings is 1. The van der Waals surface area contributed by atoms with Gasteiger partial charge in [-0.25, -0.2) is 4.39 Å². The minimum absolute atomic E-state index is 0.0391. The van der Waals surface area contributed by atoms with E-state index in [1.807, 2.05) is 0 Å². The first-order valence-electron chi connectivity index (χ1n) is 8.05. The second-order valence-electron chi connectivity index (χ2n) is 5.68. The number of hydrogen-bond acceptors (Lipinski definition) is 5. The van der Waals surface area contributed by atoms with Crippen molar-refractivity contribution in [3.8, 4) is 0 Å². The summed E-state index contributed by atoms with van der Waals surface area (Å²) in [6.45, 7) is 4.70. The van der Waals surface area contributed by atoms with Crippen LogP contribution in [0.5, 0.6) is 0 Å². The van der Waals surface area contributed by atoms with Crippen LogP contribution in [0.3, 0.4) is 0 Å². The van der Waals surface area contributed by atoms with E-state index >= 15 is 0 Å². The van der Waals surface area contributed by atoms with Crippen LogP contribution >= 0.6 is 0 Å². The third-order valence-corrected chi connectivity index (χ3v) is 3.44. The van der Waals surface area contributed by atoms with E-state index in [1.165, 1.54) is 31.2 Å². The van der Waals surface area contributed by atoms with Crippen molar-refractivity contribution in [1.29, 1.82) is 5.41 Å². The highest BCUT2D eigenvalue weighted by atomic mass is 19.1. The zero-order valence-corrected chi connectivity index (χ0v) is 14.8. The fourth-order valence-electron chi connectivity index (χ4n) is 2.06. The molecule has 1 atom stereocenters. The Morgan fingerprint density at radius 1 is 1.22 bits per heavy atom. The number of halogens is 1. The summed E-state index contributed by atoms with van der Waals surface area (Å²) in [6.07, 6.45) is 0.471. The van der Waals surface area contributed by atoms with Crippen LogP contribution in [0.1, 0.15) is 25.3 Å². The quantitative estimate of drug-likeness (QED) is 0.352. The molecule has 27 heavy (non-hydrogen) atoms. The highest BCUT2D eigenvalue weighted by Crippen LogP contribution is 2.04. The number of ketones is 1. The third kappa shape index (κ3) is 8.04. The van der Waals surface area contributed by atoms with Crippen LogP contribution in [-0.4, -0.2) is 35.8 Å². The van der Waals surface area contributed by atoms with Crippen LogP contribution in [-0.2, 0) is 25.7 Å². The summed E-state index contributed by atoms with van der Waals surface area (Å²) in [5, 5.41) is 14.1. The lowest BCUT2D eigenvalue weighted by molar-refractivity contribution is -0.128. The van der Waals surface area contributed by atoms with Crippen molar-refractivity contribution in [2.75, 3.05) is 0 Å². The lowest BCUT2D eigenvalue weighted by Gasteiger charge is -2.19. The maximum Gasteiger partial charge on any atom is 0.267 e. The smallest absolute Gasteiger partial charge is 0.267 e. The number of amides is 3. The minimum Gasteiger partial charge on any atom is -0.350 e. The molecule has 0 aliphatic rings. The van der Waals surface area contributed by atoms with Gasteiger partial charge in [0.05, 0.1) is 11.9 Å². The molecule has 0 heterocycles. The number of hydrogen-bond donors (Lipinski definition) is 4. The maximum atomic E-state index is 12.9. The first-order valence-corrected chi connectivity index (χ1v) is 8.05. The van der Waals surface area contributed by atoms with Gasteiger partial charge in [0, 0.05) is 19.9 Å². The topological polar surface area (TPSA) is 128 Å². The van der Waals surface area contributed by atoms with Crippen molar-refractivity contribution >= 4 is 29.7 Å². The van der Waals surface area contributed by atoms with E-state index in [0.717, 1.165) is 0 Å². The number of nitrogens with one attached hydrogen (secondary N) is 4. The summed E-state index contributed by atoms with van der Waals surface area (Å²) in [5.41, 5.74) is 0.408. The Labute approximate surface area is 155 Å². The van der Waals surface area contributed by atoms with E-state index in [4.69, 9.17) is 5.41 Å². The Morgan fingerprint density at radius 2 is 1.85 bits per heavy atom. The molecule has 0 fully saturated rings. The second-order valence-corrected chi connectivity index (χ2v) is 5.68. The monoisotopic (exact) mass is 376 g/mol. The Balaban J connectivity index is 2.74. The van der Waals surface area contributed by atoms with E-state index in [9.17, 15) is 23.6 Å². The van der Waals surface area contributed by atoms with E-state index in [1.54, 1.807) is 0 Å². The molecule has 3 amide bonds. The van der Waals surface area contributed by atoms with Gasteiger partial charge in [-0.2, -0.15) is 0 Å². The van der Waals surface area contributed by atoms with Crippen molar-refractivity contribution in [3.05, 3.63) is 47.9 Å². The molecule has 144 valence electrons. The van der Waals surface area contributed by atoms with Gasteiger partial charge in [-0.05, 0) is 24.1 Å². The number of carbonyl (C=O) groups is 4. The molecule has 0 saturated heterocycles. The number of Topliss-reactive ketones (excluding diaryl/α,β-unsaturated/α-hetero) is 1. The molecule has 0 spiro atoms. The van der Waals surface area contributed by atoms with Gasteiger partial charge in [-0.15, -0.1) is 0 Å². The Hall–Kier alpha value is -3.36. The first kappa shape index (κ1) is 21.7. The molecule has 0 aliphatic heterocycles. The SMILES string of the molecule is C=C(NC(C)=O)C(=O)N[C@@H](CCC(=O)C=N)C(=O)NCc1ccc(F)cc1. The van der Waals surface area contributed by atoms with E-state index in [-0.39, 0.29) is 25.1 Å². The van der Waals surface area contributed by atoms with Gasteiger partial charge in [0.2, 0.25) is 11.8 Å². The molecule has 0 aromatic heterocycles. The molecule has 0 aliphatic carbocycles. The predicted octanol–water partition coefficient (Wildman–Crippen LogP) is 0.575. The van der Waals surface area contributed by atoms with Crippen LogP contribution in [0.15, 0.2) is 36.5 Å². The van der Waals surface area contributed by atoms with E-state index < -0.39 is 35.4 Å². The summed E-state index contributed by atoms with van der Waals surface area (Å²) >= 11 is 0. The fraction of sp³-hybridized carbons (Fsp3) is 0.278. The molecule has 0 radical (unpaired) electrons. The Morgan fingerprint density at radius 3 is 2.41 bits per heavy atom. The number of rotatable bonds is 10. The molecule has 0 bridgehead atoms. The Bertz CT molecular complexity index is 746. The zero-order chi connectivity index (χ0) is 20.4. The summed E-state index contributed by atoms with van der Waals surface area (Å²) < 4.78 is 12.9. The second kappa shape index (κ2) is 10.6. The van der Waals surface area contributed by atoms with Gasteiger partial charge >= 0.3 is 0 Å². The summed E-state index contributed by atoms with van der Waals surface area (Å²) in [7, 11) is 0. The van der Waals surface area contributed by atoms with Crippen molar-refractivity contribution in [3.63, 3.8) is 0 Å². The predicted molar refractivity (Wildman–Crippen MR) is 96.2 cm³/mol. The van der Waals surface area contributed by atoms with E-state index in [2.05, 4.69) is 22.5 Å². The summed E-state index contributed by atoms with van der Waals surface area (Å²) in [4.78, 5) is 46.7. The molecular formula is C18H21FN4O4. The van der Waals surface area contributed by atoms with Crippen LogP contribution in [0.2, 0.25) is 0 Å². The normalized spacial score (nSPS) is 11.0. The van der Waals surface area contributed by atoms with Gasteiger partial charge in [-0.3, -0.25) is 19.2 Å². The third-order valence-electron chi connectivity index (χ3n) is 3.44. The van der Waals surface area contributed by atoms with Gasteiger partial charge in [0.25, 0.3) is 5.91 Å². The average Bonchev–Trinajstić information content (AvgIpc) is 2.63. The number of carbonyl (C=O) groups excluding carboxylic acids is 4. The standard InChI is InChI=1S/C18H21FN4O4/c1-11(22-12(2)24)17(26)23-16(8-7-15(25)9-20)18(27)21-10-13-3-5-14(19)6-4-13/h3-6,9,16,20H,1,7-8,10H2,2H3,(H,21,27)(H,22,24)(H,23,26)/t16-/m0/s1. The molecular weight excluding hydrogens is 355 g/mol. The van der Waals surface area contributed by atoms with Crippen molar-refractivity contribution in [1.82, 2.24) is 16.0 Å². The van der Waals surface area contributed by atoms with Gasteiger partial charge in [0.1, 0.15) is 11.9 Å². The molecule has 4 N–H and O–H groups in total. The maximum absolute atomic E-state index is 12.9. The molecule has 1 aromatic carbocycles. The fourth-order valence-corrected chi connectivity index (χ4v) is 2.06. The lowest BCUT2D eigenvalue weighted by Crippen LogP contribution is -2.48. The molecule has 0 saturated carbocycles. The van der Waals surface area contributed by atoms with E-state index in [0.29, 0.717) is 11.8 Å². The zero-order valence-electron chi connectivity index (χ0n) is 14.8. The first-order chi connectivity index (χ1) is 12.7. The molecule has 8 nitrogen and oxygen atoms in total.